The van der Waals surface area contributed by atoms with Gasteiger partial charge in [-0.3, -0.25) is 43.2 Å². The number of nitrogens with two attached hydrogens (primary N) is 4. The van der Waals surface area contributed by atoms with Crippen molar-refractivity contribution in [3.05, 3.63) is 72.1 Å². The van der Waals surface area contributed by atoms with Gasteiger partial charge in [-0.25, -0.2) is 0 Å². The van der Waals surface area contributed by atoms with Crippen LogP contribution in [0.1, 0.15) is 115 Å². The van der Waals surface area contributed by atoms with Gasteiger partial charge in [-0.05, 0) is 100 Å². The number of para-hydroxylation sites is 2. The largest absolute Gasteiger partial charge is 0.393 e. The molecule has 0 unspecified atom stereocenters. The quantitative estimate of drug-likeness (QED) is 0.0368. The maximum Gasteiger partial charge on any atom is 0.243 e. The minimum absolute atomic E-state index is 0.0617. The molecule has 83 heavy (non-hydrogen) atoms. The van der Waals surface area contributed by atoms with Crippen molar-refractivity contribution in [2.24, 2.45) is 28.9 Å². The number of unbranched alkanes of at least 4 members (excludes halogenated alkanes) is 4. The Balaban J connectivity index is 1.54. The predicted octanol–water partition coefficient (Wildman–Crippen LogP) is -0.615. The number of aromatic amines is 2. The normalized spacial score (nSPS) is 21.9. The lowest BCUT2D eigenvalue weighted by atomic mass is 10.00. The number of aromatic nitrogens is 2. The van der Waals surface area contributed by atoms with Crippen LogP contribution in [0.25, 0.3) is 21.8 Å². The van der Waals surface area contributed by atoms with E-state index in [1.54, 1.807) is 12.4 Å². The molecule has 0 radical (unpaired) electrons. The van der Waals surface area contributed by atoms with Gasteiger partial charge in [0, 0.05) is 53.6 Å². The van der Waals surface area contributed by atoms with Crippen LogP contribution in [0.15, 0.2) is 60.9 Å². The molecule has 1 aliphatic rings. The van der Waals surface area contributed by atoms with Crippen LogP contribution in [0.4, 0.5) is 0 Å². The molecule has 0 aliphatic carbocycles. The van der Waals surface area contributed by atoms with Crippen LogP contribution < -0.4 is 70.8 Å². The zero-order chi connectivity index (χ0) is 60.4. The molecule has 9 amide bonds. The summed E-state index contributed by atoms with van der Waals surface area (Å²) in [6.45, 7) is 5.09. The SMILES string of the molecule is CCCCCCC[C@@H](O)CC(=O)N[C@H](CCN)C(=O)N[C@H]1CCNC(=O)[C@H](Cc2c[nH]c3ccccc23)NC(=O)[C@H](CCN)NC(=O)[C@H](CCN)NC(=O)[C@H](CC(C)C)NC(=O)[C@@H](Cc2c[nH]c3ccccc23)NC(=O)[C@H](CCN)NC1=O. The fourth-order valence-corrected chi connectivity index (χ4v) is 10.1. The summed E-state index contributed by atoms with van der Waals surface area (Å²) in [5.74, 6) is -7.22. The molecule has 456 valence electrons. The second kappa shape index (κ2) is 34.2. The van der Waals surface area contributed by atoms with E-state index in [0.29, 0.717) is 24.0 Å². The summed E-state index contributed by atoms with van der Waals surface area (Å²) in [6.07, 6.45) is 6.44. The van der Waals surface area contributed by atoms with E-state index in [0.717, 1.165) is 47.5 Å². The van der Waals surface area contributed by atoms with Crippen molar-refractivity contribution >= 4 is 75.0 Å². The first-order valence-corrected chi connectivity index (χ1v) is 29.2. The summed E-state index contributed by atoms with van der Waals surface area (Å²) in [5.41, 5.74) is 26.7. The molecule has 1 fully saturated rings. The number of benzene rings is 2. The number of H-pyrrole nitrogens is 2. The molecule has 0 spiro atoms. The van der Waals surface area contributed by atoms with Crippen molar-refractivity contribution in [1.82, 2.24) is 57.8 Å². The number of aliphatic hydroxyl groups excluding tert-OH is 1. The van der Waals surface area contributed by atoms with Crippen LogP contribution in [0.3, 0.4) is 0 Å². The molecule has 5 rings (SSSR count). The van der Waals surface area contributed by atoms with E-state index in [1.807, 2.05) is 62.4 Å². The lowest BCUT2D eigenvalue weighted by molar-refractivity contribution is -0.136. The van der Waals surface area contributed by atoms with Crippen LogP contribution in [0.5, 0.6) is 0 Å². The minimum Gasteiger partial charge on any atom is -0.393 e. The molecule has 25 nitrogen and oxygen atoms in total. The Bertz CT molecular complexity index is 2780. The van der Waals surface area contributed by atoms with Crippen molar-refractivity contribution in [1.29, 1.82) is 0 Å². The van der Waals surface area contributed by atoms with Crippen LogP contribution in [0, 0.1) is 5.92 Å². The zero-order valence-electron chi connectivity index (χ0n) is 48.1. The number of hydrogen-bond donors (Lipinski definition) is 16. The first-order chi connectivity index (χ1) is 39.9. The molecule has 0 saturated carbocycles. The molecule has 0 bridgehead atoms. The number of amides is 9. The van der Waals surface area contributed by atoms with Gasteiger partial charge in [0.2, 0.25) is 53.2 Å². The second-order valence-corrected chi connectivity index (χ2v) is 21.8. The highest BCUT2D eigenvalue weighted by molar-refractivity contribution is 5.99. The van der Waals surface area contributed by atoms with Crippen LogP contribution >= 0.6 is 0 Å². The average molecular weight is 1160 g/mol. The molecule has 1 aliphatic heterocycles. The van der Waals surface area contributed by atoms with Gasteiger partial charge in [0.25, 0.3) is 0 Å². The number of hydrogen-bond acceptors (Lipinski definition) is 14. The fourth-order valence-electron chi connectivity index (χ4n) is 10.1. The summed E-state index contributed by atoms with van der Waals surface area (Å²) in [5, 5.41) is 36.7. The van der Waals surface area contributed by atoms with E-state index >= 15 is 0 Å². The highest BCUT2D eigenvalue weighted by atomic mass is 16.3. The topological polar surface area (TPSA) is 418 Å². The Morgan fingerprint density at radius 2 is 1.04 bits per heavy atom. The van der Waals surface area contributed by atoms with Gasteiger partial charge in [-0.1, -0.05) is 89.3 Å². The molecule has 20 N–H and O–H groups in total. The van der Waals surface area contributed by atoms with E-state index in [9.17, 15) is 48.3 Å². The lowest BCUT2D eigenvalue weighted by Crippen LogP contribution is -2.61. The monoisotopic (exact) mass is 1160 g/mol. The third kappa shape index (κ3) is 20.7. The molecule has 9 atom stereocenters. The van der Waals surface area contributed by atoms with E-state index in [4.69, 9.17) is 22.9 Å². The number of fused-ring (bicyclic) bond motifs is 2. The van der Waals surface area contributed by atoms with Gasteiger partial charge in [0.1, 0.15) is 48.3 Å². The maximum absolute atomic E-state index is 14.7. The number of rotatable bonds is 25. The van der Waals surface area contributed by atoms with Gasteiger partial charge in [0.15, 0.2) is 0 Å². The summed E-state index contributed by atoms with van der Waals surface area (Å²) >= 11 is 0. The van der Waals surface area contributed by atoms with Crippen LogP contribution in [-0.4, -0.2) is 155 Å². The van der Waals surface area contributed by atoms with Crippen molar-refractivity contribution in [2.45, 2.75) is 172 Å². The van der Waals surface area contributed by atoms with Gasteiger partial charge < -0.3 is 85.9 Å². The Morgan fingerprint density at radius 3 is 1.54 bits per heavy atom. The number of nitrogens with one attached hydrogen (secondary N) is 11. The third-order valence-electron chi connectivity index (χ3n) is 14.6. The first kappa shape index (κ1) is 66.4. The van der Waals surface area contributed by atoms with Crippen LogP contribution in [0.2, 0.25) is 0 Å². The Hall–Kier alpha value is -7.45. The lowest BCUT2D eigenvalue weighted by Gasteiger charge is -2.28. The third-order valence-corrected chi connectivity index (χ3v) is 14.6. The molecular formula is C58H89N15O10. The molecular weight excluding hydrogens is 1070 g/mol. The smallest absolute Gasteiger partial charge is 0.243 e. The van der Waals surface area contributed by atoms with Gasteiger partial charge in [-0.2, -0.15) is 0 Å². The highest BCUT2D eigenvalue weighted by Gasteiger charge is 2.36. The van der Waals surface area contributed by atoms with Crippen LogP contribution in [-0.2, 0) is 56.0 Å². The minimum atomic E-state index is -1.52. The average Bonchev–Trinajstić information content (AvgIpc) is 4.24. The summed E-state index contributed by atoms with van der Waals surface area (Å²) in [6, 6.07) is 3.82. The van der Waals surface area contributed by atoms with Crippen molar-refractivity contribution < 1.29 is 48.3 Å². The standard InChI is InChI=1S/C58H89N15O10/c1-4-5-6-7-8-13-37(74)31-50(75)66-42(18-23-59)52(77)70-46-22-27-63-51(76)48(29-35-32-64-40-16-11-9-14-38(35)40)72-54(79)44(20-25-61)67-53(78)43(19-24-60)69-57(82)47(28-34(2)3)71-58(83)49(73-55(80)45(21-26-62)68-56(46)81)30-36-33-65-41-17-12-10-15-39(36)41/h9-12,14-17,32-34,37,42-49,64-65,74H,4-8,13,18-31,59-62H2,1-3H3,(H,63,76)(H,66,75)(H,67,78)(H,68,81)(H,69,82)(H,70,77)(H,71,83)(H,72,79)(H,73,80)/t37-,42-,43+,44+,45+,46+,47+,48+,49-/m1/s1. The van der Waals surface area contributed by atoms with Gasteiger partial charge >= 0.3 is 0 Å². The van der Waals surface area contributed by atoms with Crippen molar-refractivity contribution in [3.63, 3.8) is 0 Å². The Labute approximate surface area is 484 Å². The van der Waals surface area contributed by atoms with E-state index in [-0.39, 0.29) is 96.4 Å². The second-order valence-electron chi connectivity index (χ2n) is 21.8. The number of aliphatic hydroxyl groups is 1. The summed E-state index contributed by atoms with van der Waals surface area (Å²) < 4.78 is 0. The molecule has 25 heteroatoms. The Kier molecular flexibility index (Phi) is 27.4. The molecule has 3 heterocycles. The maximum atomic E-state index is 14.7. The van der Waals surface area contributed by atoms with Crippen molar-refractivity contribution in [3.8, 4) is 0 Å². The molecule has 2 aromatic carbocycles. The van der Waals surface area contributed by atoms with Gasteiger partial charge in [-0.15, -0.1) is 0 Å². The summed E-state index contributed by atoms with van der Waals surface area (Å²) in [4.78, 5) is 135. The van der Waals surface area contributed by atoms with Gasteiger partial charge in [0.05, 0.1) is 12.5 Å². The number of carbonyl (C=O) groups is 9. The molecule has 2 aromatic heterocycles. The van der Waals surface area contributed by atoms with E-state index in [1.165, 1.54) is 0 Å². The Morgan fingerprint density at radius 1 is 0.578 bits per heavy atom. The molecule has 4 aromatic rings. The van der Waals surface area contributed by atoms with E-state index in [2.05, 4.69) is 64.7 Å². The predicted molar refractivity (Wildman–Crippen MR) is 315 cm³/mol. The first-order valence-electron chi connectivity index (χ1n) is 29.2. The summed E-state index contributed by atoms with van der Waals surface area (Å²) in [7, 11) is 0. The zero-order valence-corrected chi connectivity index (χ0v) is 48.1. The van der Waals surface area contributed by atoms with Crippen molar-refractivity contribution in [2.75, 3.05) is 32.7 Å². The fraction of sp³-hybridized carbons (Fsp3) is 0.569. The number of carbonyl (C=O) groups excluding carboxylic acids is 9. The highest BCUT2D eigenvalue weighted by Crippen LogP contribution is 2.22. The van der Waals surface area contributed by atoms with E-state index < -0.39 is 108 Å². The molecule has 1 saturated heterocycles.